The lowest BCUT2D eigenvalue weighted by atomic mass is 10.0. The van der Waals surface area contributed by atoms with Gasteiger partial charge in [-0.1, -0.05) is 13.3 Å². The molecule has 20 heavy (non-hydrogen) atoms. The standard InChI is InChI=1S/C15H19N5/c1-2-9-5-10(16)6-13(9)20-8-19-12-7-18-15-11(14(12)20)3-4-17-15/h3-4,7-10,13H,2,5-6,16H2,1H3,(H,17,18)/t9-,10+,13+/m1/s1. The van der Waals surface area contributed by atoms with E-state index in [9.17, 15) is 0 Å². The van der Waals surface area contributed by atoms with Gasteiger partial charge in [-0.2, -0.15) is 0 Å². The first-order chi connectivity index (χ1) is 9.78. The fourth-order valence-corrected chi connectivity index (χ4v) is 3.71. The first kappa shape index (κ1) is 11.9. The summed E-state index contributed by atoms with van der Waals surface area (Å²) < 4.78 is 2.33. The Morgan fingerprint density at radius 2 is 2.30 bits per heavy atom. The normalized spacial score (nSPS) is 26.8. The molecule has 0 amide bonds. The Balaban J connectivity index is 1.93. The number of fused-ring (bicyclic) bond motifs is 3. The first-order valence-corrected chi connectivity index (χ1v) is 7.32. The third-order valence-corrected chi connectivity index (χ3v) is 4.69. The van der Waals surface area contributed by atoms with Gasteiger partial charge >= 0.3 is 0 Å². The van der Waals surface area contributed by atoms with Gasteiger partial charge in [-0.15, -0.1) is 0 Å². The van der Waals surface area contributed by atoms with Crippen LogP contribution >= 0.6 is 0 Å². The quantitative estimate of drug-likeness (QED) is 0.751. The summed E-state index contributed by atoms with van der Waals surface area (Å²) in [7, 11) is 0. The van der Waals surface area contributed by atoms with E-state index in [2.05, 4.69) is 32.5 Å². The van der Waals surface area contributed by atoms with Gasteiger partial charge in [-0.25, -0.2) is 9.97 Å². The minimum Gasteiger partial charge on any atom is -0.346 e. The number of nitrogens with two attached hydrogens (primary N) is 1. The van der Waals surface area contributed by atoms with E-state index in [1.807, 2.05) is 18.7 Å². The van der Waals surface area contributed by atoms with E-state index in [1.54, 1.807) is 0 Å². The zero-order valence-corrected chi connectivity index (χ0v) is 11.6. The molecule has 0 saturated heterocycles. The van der Waals surface area contributed by atoms with Crippen LogP contribution in [0.2, 0.25) is 0 Å². The molecule has 0 unspecified atom stereocenters. The van der Waals surface area contributed by atoms with Gasteiger partial charge in [0.1, 0.15) is 11.2 Å². The molecule has 3 N–H and O–H groups in total. The number of rotatable bonds is 2. The van der Waals surface area contributed by atoms with E-state index in [1.165, 1.54) is 11.9 Å². The van der Waals surface area contributed by atoms with Crippen LogP contribution in [0.1, 0.15) is 32.2 Å². The number of hydrogen-bond donors (Lipinski definition) is 2. The van der Waals surface area contributed by atoms with Crippen LogP contribution in [0.4, 0.5) is 0 Å². The fraction of sp³-hybridized carbons (Fsp3) is 0.467. The highest BCUT2D eigenvalue weighted by Crippen LogP contribution is 2.39. The van der Waals surface area contributed by atoms with Gasteiger partial charge in [0.2, 0.25) is 0 Å². The second kappa shape index (κ2) is 4.31. The summed E-state index contributed by atoms with van der Waals surface area (Å²) in [5.74, 6) is 0.643. The van der Waals surface area contributed by atoms with Crippen LogP contribution < -0.4 is 5.73 Å². The summed E-state index contributed by atoms with van der Waals surface area (Å²) in [6.07, 6.45) is 9.07. The van der Waals surface area contributed by atoms with E-state index in [0.717, 1.165) is 29.4 Å². The SMILES string of the molecule is CC[C@@H]1C[C@H](N)C[C@@H]1n1cnc2cnc3[nH]ccc3c21. The molecule has 3 atom stereocenters. The average Bonchev–Trinajstić information content (AvgIpc) is 3.13. The van der Waals surface area contributed by atoms with Gasteiger partial charge < -0.3 is 15.3 Å². The molecule has 0 aliphatic heterocycles. The lowest BCUT2D eigenvalue weighted by molar-refractivity contribution is 0.377. The van der Waals surface area contributed by atoms with Gasteiger partial charge in [0, 0.05) is 23.7 Å². The minimum atomic E-state index is 0.311. The molecule has 3 aromatic heterocycles. The van der Waals surface area contributed by atoms with Crippen molar-refractivity contribution in [1.29, 1.82) is 0 Å². The molecule has 0 bridgehead atoms. The number of nitrogens with one attached hydrogen (secondary N) is 1. The predicted octanol–water partition coefficient (Wildman–Crippen LogP) is 2.60. The summed E-state index contributed by atoms with van der Waals surface area (Å²) in [6, 6.07) is 2.85. The van der Waals surface area contributed by atoms with E-state index < -0.39 is 0 Å². The zero-order chi connectivity index (χ0) is 13.7. The lowest BCUT2D eigenvalue weighted by Gasteiger charge is -2.20. The van der Waals surface area contributed by atoms with Crippen molar-refractivity contribution < 1.29 is 0 Å². The second-order valence-corrected chi connectivity index (χ2v) is 5.85. The summed E-state index contributed by atoms with van der Waals surface area (Å²) in [4.78, 5) is 12.1. The van der Waals surface area contributed by atoms with Crippen molar-refractivity contribution in [2.24, 2.45) is 11.7 Å². The lowest BCUT2D eigenvalue weighted by Crippen LogP contribution is -2.15. The van der Waals surface area contributed by atoms with Crippen LogP contribution in [0.3, 0.4) is 0 Å². The zero-order valence-electron chi connectivity index (χ0n) is 11.6. The first-order valence-electron chi connectivity index (χ1n) is 7.32. The summed E-state index contributed by atoms with van der Waals surface area (Å²) in [5, 5.41) is 1.15. The molecule has 4 rings (SSSR count). The molecule has 5 heteroatoms. The maximum Gasteiger partial charge on any atom is 0.139 e. The van der Waals surface area contributed by atoms with Gasteiger partial charge in [0.05, 0.1) is 18.0 Å². The number of H-pyrrole nitrogens is 1. The van der Waals surface area contributed by atoms with Crippen LogP contribution in [0.25, 0.3) is 22.1 Å². The Morgan fingerprint density at radius 3 is 3.15 bits per heavy atom. The molecule has 3 aromatic rings. The van der Waals surface area contributed by atoms with Gasteiger partial charge in [-0.05, 0) is 24.8 Å². The smallest absolute Gasteiger partial charge is 0.139 e. The van der Waals surface area contributed by atoms with Crippen LogP contribution in [0.5, 0.6) is 0 Å². The van der Waals surface area contributed by atoms with Crippen molar-refractivity contribution in [3.63, 3.8) is 0 Å². The molecule has 1 aliphatic rings. The largest absolute Gasteiger partial charge is 0.346 e. The number of imidazole rings is 1. The highest BCUT2D eigenvalue weighted by atomic mass is 15.1. The number of hydrogen-bond acceptors (Lipinski definition) is 3. The van der Waals surface area contributed by atoms with Crippen molar-refractivity contribution in [3.8, 4) is 0 Å². The molecule has 1 fully saturated rings. The van der Waals surface area contributed by atoms with Crippen molar-refractivity contribution in [1.82, 2.24) is 19.5 Å². The third kappa shape index (κ3) is 1.59. The maximum atomic E-state index is 6.18. The average molecular weight is 269 g/mol. The molecule has 5 nitrogen and oxygen atoms in total. The molecular formula is C15H19N5. The van der Waals surface area contributed by atoms with E-state index in [-0.39, 0.29) is 0 Å². The van der Waals surface area contributed by atoms with Gasteiger partial charge in [-0.3, -0.25) is 0 Å². The second-order valence-electron chi connectivity index (χ2n) is 5.85. The van der Waals surface area contributed by atoms with E-state index >= 15 is 0 Å². The monoisotopic (exact) mass is 269 g/mol. The van der Waals surface area contributed by atoms with E-state index in [4.69, 9.17) is 5.73 Å². The third-order valence-electron chi connectivity index (χ3n) is 4.69. The number of aromatic nitrogens is 4. The van der Waals surface area contributed by atoms with Crippen molar-refractivity contribution in [2.75, 3.05) is 0 Å². The molecular weight excluding hydrogens is 250 g/mol. The molecule has 0 aromatic carbocycles. The number of aromatic amines is 1. The Labute approximate surface area is 117 Å². The van der Waals surface area contributed by atoms with Crippen molar-refractivity contribution in [3.05, 3.63) is 24.8 Å². The van der Waals surface area contributed by atoms with Crippen molar-refractivity contribution in [2.45, 2.75) is 38.3 Å². The van der Waals surface area contributed by atoms with Gasteiger partial charge in [0.25, 0.3) is 0 Å². The Hall–Kier alpha value is -1.88. The molecule has 0 spiro atoms. The molecule has 3 heterocycles. The molecule has 104 valence electrons. The molecule has 1 saturated carbocycles. The maximum absolute atomic E-state index is 6.18. The number of pyridine rings is 1. The van der Waals surface area contributed by atoms with Crippen LogP contribution in [0, 0.1) is 5.92 Å². The van der Waals surface area contributed by atoms with Gasteiger partial charge in [0.15, 0.2) is 0 Å². The summed E-state index contributed by atoms with van der Waals surface area (Å²) >= 11 is 0. The highest BCUT2D eigenvalue weighted by Gasteiger charge is 2.33. The Kier molecular flexibility index (Phi) is 2.57. The van der Waals surface area contributed by atoms with E-state index in [0.29, 0.717) is 18.0 Å². The Bertz CT molecular complexity index is 756. The fourth-order valence-electron chi connectivity index (χ4n) is 3.71. The molecule has 1 aliphatic carbocycles. The van der Waals surface area contributed by atoms with Crippen LogP contribution in [0.15, 0.2) is 24.8 Å². The molecule has 0 radical (unpaired) electrons. The summed E-state index contributed by atoms with van der Waals surface area (Å²) in [6.45, 7) is 2.25. The topological polar surface area (TPSA) is 72.5 Å². The van der Waals surface area contributed by atoms with Crippen LogP contribution in [-0.4, -0.2) is 25.6 Å². The van der Waals surface area contributed by atoms with Crippen LogP contribution in [-0.2, 0) is 0 Å². The number of nitrogens with zero attached hydrogens (tertiary/aromatic N) is 3. The summed E-state index contributed by atoms with van der Waals surface area (Å²) in [5.41, 5.74) is 9.26. The van der Waals surface area contributed by atoms with Crippen molar-refractivity contribution >= 4 is 22.1 Å². The Morgan fingerprint density at radius 1 is 1.40 bits per heavy atom. The predicted molar refractivity (Wildman–Crippen MR) is 79.4 cm³/mol. The minimum absolute atomic E-state index is 0.311. The highest BCUT2D eigenvalue weighted by molar-refractivity contribution is 6.00.